The molecule has 31 heavy (non-hydrogen) atoms. The van der Waals surface area contributed by atoms with Crippen molar-refractivity contribution in [3.8, 4) is 11.3 Å². The van der Waals surface area contributed by atoms with Gasteiger partial charge in [0.25, 0.3) is 5.56 Å². The van der Waals surface area contributed by atoms with Crippen molar-refractivity contribution < 1.29 is 9.90 Å². The van der Waals surface area contributed by atoms with Gasteiger partial charge in [0.05, 0.1) is 11.7 Å². The van der Waals surface area contributed by atoms with E-state index in [0.717, 1.165) is 31.2 Å². The second-order valence-electron chi connectivity index (χ2n) is 7.96. The largest absolute Gasteiger partial charge is 0.477 e. The van der Waals surface area contributed by atoms with Gasteiger partial charge in [0.2, 0.25) is 0 Å². The van der Waals surface area contributed by atoms with Crippen LogP contribution in [0.2, 0.25) is 5.02 Å². The monoisotopic (exact) mass is 438 g/mol. The number of rotatable bonds is 5. The lowest BCUT2D eigenvalue weighted by atomic mass is 9.68. The Balaban J connectivity index is 1.58. The Morgan fingerprint density at radius 3 is 2.58 bits per heavy atom. The molecule has 0 aliphatic heterocycles. The summed E-state index contributed by atoms with van der Waals surface area (Å²) in [6.45, 7) is 0.518. The third-order valence-electron chi connectivity index (χ3n) is 6.19. The minimum atomic E-state index is -1.09. The second-order valence-corrected chi connectivity index (χ2v) is 8.40. The maximum atomic E-state index is 12.6. The van der Waals surface area contributed by atoms with Gasteiger partial charge in [-0.3, -0.25) is 4.79 Å². The molecule has 1 aliphatic carbocycles. The molecule has 0 saturated heterocycles. The predicted molar refractivity (Wildman–Crippen MR) is 118 cm³/mol. The molecule has 2 aromatic heterocycles. The summed E-state index contributed by atoms with van der Waals surface area (Å²) >= 11 is 6.20. The molecule has 1 saturated carbocycles. The first-order chi connectivity index (χ1) is 14.9. The molecule has 0 spiro atoms. The fraction of sp³-hybridized carbons (Fsp3) is 0.304. The van der Waals surface area contributed by atoms with Gasteiger partial charge in [-0.25, -0.2) is 14.5 Å². The number of aromatic carboxylic acids is 1. The summed E-state index contributed by atoms with van der Waals surface area (Å²) < 4.78 is 1.54. The average Bonchev–Trinajstić information content (AvgIpc) is 2.79. The number of hydrogen-bond acceptors (Lipinski definition) is 5. The van der Waals surface area contributed by atoms with Crippen molar-refractivity contribution in [1.82, 2.24) is 14.8 Å². The van der Waals surface area contributed by atoms with Crippen LogP contribution in [-0.4, -0.2) is 32.4 Å². The van der Waals surface area contributed by atoms with Gasteiger partial charge in [-0.15, -0.1) is 0 Å². The number of hydrogen-bond donors (Lipinski definition) is 2. The van der Waals surface area contributed by atoms with E-state index in [2.05, 4.69) is 16.1 Å². The van der Waals surface area contributed by atoms with Gasteiger partial charge in [-0.2, -0.15) is 5.10 Å². The van der Waals surface area contributed by atoms with E-state index in [1.165, 1.54) is 18.3 Å². The van der Waals surface area contributed by atoms with Crippen LogP contribution in [0.1, 0.15) is 47.8 Å². The third kappa shape index (κ3) is 4.24. The summed E-state index contributed by atoms with van der Waals surface area (Å²) in [4.78, 5) is 27.5. The third-order valence-corrected chi connectivity index (χ3v) is 6.42. The zero-order valence-corrected chi connectivity index (χ0v) is 17.6. The SMILES string of the molecule is NC[C@]1(c2cccc(Cl)c2)CC[C@H](n2nc(-c3ccc(C(=O)O)nc3)ccc2=O)CC1. The summed E-state index contributed by atoms with van der Waals surface area (Å²) in [5.74, 6) is -1.09. The lowest BCUT2D eigenvalue weighted by Crippen LogP contribution is -2.41. The normalized spacial score (nSPS) is 21.0. The van der Waals surface area contributed by atoms with Crippen molar-refractivity contribution >= 4 is 17.6 Å². The van der Waals surface area contributed by atoms with E-state index < -0.39 is 5.97 Å². The Morgan fingerprint density at radius 1 is 1.19 bits per heavy atom. The van der Waals surface area contributed by atoms with Crippen LogP contribution in [0, 0.1) is 0 Å². The maximum Gasteiger partial charge on any atom is 0.354 e. The summed E-state index contributed by atoms with van der Waals surface area (Å²) in [6.07, 6.45) is 4.68. The second kappa shape index (κ2) is 8.61. The number of pyridine rings is 1. The molecule has 3 aromatic rings. The Bertz CT molecular complexity index is 1150. The molecule has 8 heteroatoms. The number of halogens is 1. The predicted octanol–water partition coefficient (Wildman–Crippen LogP) is 3.67. The molecule has 4 rings (SSSR count). The van der Waals surface area contributed by atoms with E-state index in [1.54, 1.807) is 16.8 Å². The minimum Gasteiger partial charge on any atom is -0.477 e. The Hall–Kier alpha value is -3.03. The average molecular weight is 439 g/mol. The molecule has 0 unspecified atom stereocenters. The van der Waals surface area contributed by atoms with Crippen LogP contribution in [0.15, 0.2) is 59.5 Å². The molecule has 0 atom stereocenters. The Morgan fingerprint density at radius 2 is 1.97 bits per heavy atom. The van der Waals surface area contributed by atoms with Crippen LogP contribution in [0.25, 0.3) is 11.3 Å². The molecule has 160 valence electrons. The van der Waals surface area contributed by atoms with Gasteiger partial charge in [0.15, 0.2) is 0 Å². The molecular formula is C23H23ClN4O3. The zero-order chi connectivity index (χ0) is 22.0. The molecule has 0 bridgehead atoms. The topological polar surface area (TPSA) is 111 Å². The highest BCUT2D eigenvalue weighted by molar-refractivity contribution is 6.30. The summed E-state index contributed by atoms with van der Waals surface area (Å²) in [7, 11) is 0. The summed E-state index contributed by atoms with van der Waals surface area (Å²) in [6, 6.07) is 14.0. The van der Waals surface area contributed by atoms with Gasteiger partial charge >= 0.3 is 5.97 Å². The van der Waals surface area contributed by atoms with Crippen LogP contribution in [0.5, 0.6) is 0 Å². The molecule has 2 heterocycles. The molecule has 1 aliphatic rings. The van der Waals surface area contributed by atoms with Crippen molar-refractivity contribution in [1.29, 1.82) is 0 Å². The quantitative estimate of drug-likeness (QED) is 0.628. The van der Waals surface area contributed by atoms with Gasteiger partial charge in [0, 0.05) is 34.8 Å². The number of nitrogens with two attached hydrogens (primary N) is 1. The van der Waals surface area contributed by atoms with E-state index in [1.807, 2.05) is 18.2 Å². The van der Waals surface area contributed by atoms with Crippen LogP contribution in [0.4, 0.5) is 0 Å². The number of aromatic nitrogens is 3. The number of nitrogens with zero attached hydrogens (tertiary/aromatic N) is 3. The minimum absolute atomic E-state index is 0.0300. The first-order valence-corrected chi connectivity index (χ1v) is 10.6. The first-order valence-electron chi connectivity index (χ1n) is 10.2. The smallest absolute Gasteiger partial charge is 0.354 e. The van der Waals surface area contributed by atoms with Crippen LogP contribution >= 0.6 is 11.6 Å². The van der Waals surface area contributed by atoms with E-state index in [4.69, 9.17) is 22.4 Å². The number of carbonyl (C=O) groups is 1. The lowest BCUT2D eigenvalue weighted by molar-refractivity contribution is 0.0690. The fourth-order valence-corrected chi connectivity index (χ4v) is 4.53. The molecule has 1 fully saturated rings. The number of benzene rings is 1. The zero-order valence-electron chi connectivity index (χ0n) is 16.9. The number of carboxylic acids is 1. The van der Waals surface area contributed by atoms with E-state index >= 15 is 0 Å². The Labute approximate surface area is 184 Å². The van der Waals surface area contributed by atoms with Gasteiger partial charge in [0.1, 0.15) is 5.69 Å². The fourth-order valence-electron chi connectivity index (χ4n) is 4.34. The maximum absolute atomic E-state index is 12.6. The lowest BCUT2D eigenvalue weighted by Gasteiger charge is -2.40. The molecular weight excluding hydrogens is 416 g/mol. The van der Waals surface area contributed by atoms with E-state index in [-0.39, 0.29) is 22.7 Å². The van der Waals surface area contributed by atoms with Gasteiger partial charge < -0.3 is 10.8 Å². The molecule has 3 N–H and O–H groups in total. The summed E-state index contributed by atoms with van der Waals surface area (Å²) in [5, 5.41) is 14.3. The summed E-state index contributed by atoms with van der Waals surface area (Å²) in [5.41, 5.74) is 8.21. The van der Waals surface area contributed by atoms with Gasteiger partial charge in [-0.05, 0) is 61.6 Å². The van der Waals surface area contributed by atoms with Crippen LogP contribution < -0.4 is 11.3 Å². The van der Waals surface area contributed by atoms with E-state index in [0.29, 0.717) is 22.8 Å². The first kappa shape index (κ1) is 21.2. The van der Waals surface area contributed by atoms with Crippen molar-refractivity contribution in [2.45, 2.75) is 37.1 Å². The highest BCUT2D eigenvalue weighted by Crippen LogP contribution is 2.42. The number of carboxylic acid groups (broad SMARTS) is 1. The highest BCUT2D eigenvalue weighted by atomic mass is 35.5. The Kier molecular flexibility index (Phi) is 5.89. The standard InChI is InChI=1S/C23H23ClN4O3/c24-17-3-1-2-16(12-17)23(14-25)10-8-18(9-11-23)28-21(29)7-6-19(27-28)15-4-5-20(22(30)31)26-13-15/h1-7,12-13,18H,8-11,14,25H2,(H,30,31)/t18-,23-. The van der Waals surface area contributed by atoms with Crippen LogP contribution in [-0.2, 0) is 5.41 Å². The molecule has 7 nitrogen and oxygen atoms in total. The molecule has 1 aromatic carbocycles. The highest BCUT2D eigenvalue weighted by Gasteiger charge is 2.37. The van der Waals surface area contributed by atoms with Crippen molar-refractivity contribution in [3.63, 3.8) is 0 Å². The van der Waals surface area contributed by atoms with Crippen molar-refractivity contribution in [3.05, 3.63) is 81.4 Å². The van der Waals surface area contributed by atoms with Crippen molar-refractivity contribution in [2.24, 2.45) is 5.73 Å². The molecule has 0 amide bonds. The van der Waals surface area contributed by atoms with Gasteiger partial charge in [-0.1, -0.05) is 23.7 Å². The van der Waals surface area contributed by atoms with Crippen LogP contribution in [0.3, 0.4) is 0 Å². The van der Waals surface area contributed by atoms with Crippen molar-refractivity contribution in [2.75, 3.05) is 6.54 Å². The molecule has 0 radical (unpaired) electrons. The van der Waals surface area contributed by atoms with E-state index in [9.17, 15) is 9.59 Å².